The van der Waals surface area contributed by atoms with Crippen LogP contribution in [0.4, 0.5) is 0 Å². The van der Waals surface area contributed by atoms with Crippen LogP contribution < -0.4 is 0 Å². The van der Waals surface area contributed by atoms with Crippen molar-refractivity contribution in [2.75, 3.05) is 27.3 Å². The van der Waals surface area contributed by atoms with Gasteiger partial charge in [0.25, 0.3) is 0 Å². The fraction of sp³-hybridized carbons (Fsp3) is 0.739. The maximum Gasteiger partial charge on any atom is 0.154 e. The molecule has 0 saturated heterocycles. The van der Waals surface area contributed by atoms with Gasteiger partial charge in [-0.2, -0.15) is 0 Å². The van der Waals surface area contributed by atoms with Crippen molar-refractivity contribution < 1.29 is 9.47 Å². The molecule has 1 atom stereocenters. The summed E-state index contributed by atoms with van der Waals surface area (Å²) in [4.78, 5) is 2.39. The van der Waals surface area contributed by atoms with Crippen LogP contribution in [0.25, 0.3) is 0 Å². The zero-order chi connectivity index (χ0) is 18.8. The molecule has 1 saturated carbocycles. The van der Waals surface area contributed by atoms with Crippen LogP contribution in [0, 0.1) is 5.41 Å². The van der Waals surface area contributed by atoms with Gasteiger partial charge in [-0.05, 0) is 83.9 Å². The molecule has 1 aromatic rings. The van der Waals surface area contributed by atoms with Gasteiger partial charge in [0.2, 0.25) is 0 Å². The molecule has 3 nitrogen and oxygen atoms in total. The van der Waals surface area contributed by atoms with Crippen LogP contribution in [-0.2, 0) is 15.9 Å². The number of benzene rings is 1. The average molecular weight is 362 g/mol. The molecular weight excluding hydrogens is 322 g/mol. The van der Waals surface area contributed by atoms with Gasteiger partial charge in [0, 0.05) is 12.6 Å². The predicted octanol–water partition coefficient (Wildman–Crippen LogP) is 5.29. The number of aryl methyl sites for hydroxylation is 1. The smallest absolute Gasteiger partial charge is 0.154 e. The fourth-order valence-electron chi connectivity index (χ4n) is 4.25. The van der Waals surface area contributed by atoms with Crippen LogP contribution >= 0.6 is 0 Å². The Labute approximate surface area is 161 Å². The lowest BCUT2D eigenvalue weighted by Gasteiger charge is -2.42. The third-order valence-corrected chi connectivity index (χ3v) is 6.04. The van der Waals surface area contributed by atoms with E-state index in [0.717, 1.165) is 12.6 Å². The van der Waals surface area contributed by atoms with E-state index in [4.69, 9.17) is 9.47 Å². The molecule has 1 fully saturated rings. The highest BCUT2D eigenvalue weighted by atomic mass is 16.7. The Hall–Kier alpha value is -0.900. The molecule has 0 aliphatic heterocycles. The Bertz CT molecular complexity index is 480. The highest BCUT2D eigenvalue weighted by Crippen LogP contribution is 2.42. The minimum absolute atomic E-state index is 0.0900. The lowest BCUT2D eigenvalue weighted by atomic mass is 9.69. The molecule has 3 heteroatoms. The zero-order valence-electron chi connectivity index (χ0n) is 17.4. The van der Waals surface area contributed by atoms with Crippen LogP contribution in [0.3, 0.4) is 0 Å². The second-order valence-corrected chi connectivity index (χ2v) is 8.22. The van der Waals surface area contributed by atoms with Gasteiger partial charge >= 0.3 is 0 Å². The number of unbranched alkanes of at least 4 members (excludes halogenated alkanes) is 1. The molecule has 0 radical (unpaired) electrons. The summed E-state index contributed by atoms with van der Waals surface area (Å²) in [6.07, 6.45) is 10.1. The molecule has 1 aromatic carbocycles. The molecule has 26 heavy (non-hydrogen) atoms. The van der Waals surface area contributed by atoms with Gasteiger partial charge in [0.15, 0.2) is 6.29 Å². The highest BCUT2D eigenvalue weighted by molar-refractivity contribution is 5.14. The zero-order valence-corrected chi connectivity index (χ0v) is 17.4. The topological polar surface area (TPSA) is 21.7 Å². The highest BCUT2D eigenvalue weighted by Gasteiger charge is 2.36. The van der Waals surface area contributed by atoms with Gasteiger partial charge in [0.05, 0.1) is 6.61 Å². The van der Waals surface area contributed by atoms with Crippen LogP contribution in [0.1, 0.15) is 64.4 Å². The number of ether oxygens (including phenoxy) is 2. The summed E-state index contributed by atoms with van der Waals surface area (Å²) < 4.78 is 11.7. The summed E-state index contributed by atoms with van der Waals surface area (Å²) in [6, 6.07) is 11.6. The van der Waals surface area contributed by atoms with E-state index in [0.29, 0.717) is 12.0 Å². The quantitative estimate of drug-likeness (QED) is 0.395. The van der Waals surface area contributed by atoms with E-state index < -0.39 is 0 Å². The molecule has 0 spiro atoms. The molecule has 1 unspecified atom stereocenters. The summed E-state index contributed by atoms with van der Waals surface area (Å²) in [5.74, 6) is 0. The summed E-state index contributed by atoms with van der Waals surface area (Å²) in [5.41, 5.74) is 1.80. The number of nitrogens with zero attached hydrogens (tertiary/aromatic N) is 1. The molecule has 0 aromatic heterocycles. The Balaban J connectivity index is 1.84. The Morgan fingerprint density at radius 2 is 1.77 bits per heavy atom. The van der Waals surface area contributed by atoms with E-state index in [1.165, 1.54) is 56.9 Å². The van der Waals surface area contributed by atoms with Crippen molar-refractivity contribution in [3.63, 3.8) is 0 Å². The first-order valence-corrected chi connectivity index (χ1v) is 10.5. The molecule has 0 heterocycles. The average Bonchev–Trinajstić information content (AvgIpc) is 2.65. The summed E-state index contributed by atoms with van der Waals surface area (Å²) in [7, 11) is 4.43. The third-order valence-electron chi connectivity index (χ3n) is 6.04. The maximum absolute atomic E-state index is 6.10. The van der Waals surface area contributed by atoms with E-state index in [-0.39, 0.29) is 6.29 Å². The van der Waals surface area contributed by atoms with Crippen LogP contribution in [0.15, 0.2) is 30.3 Å². The SMILES string of the molecule is CCOC(C)OCC1(CCCCc2ccccc2)CCC(N(C)C)CC1. The first kappa shape index (κ1) is 21.4. The molecule has 1 aliphatic rings. The second kappa shape index (κ2) is 11.1. The Kier molecular flexibility index (Phi) is 9.10. The Morgan fingerprint density at radius 3 is 2.38 bits per heavy atom. The largest absolute Gasteiger partial charge is 0.353 e. The van der Waals surface area contributed by atoms with E-state index >= 15 is 0 Å². The maximum atomic E-state index is 6.10. The first-order chi connectivity index (χ1) is 12.5. The van der Waals surface area contributed by atoms with Crippen molar-refractivity contribution in [1.29, 1.82) is 0 Å². The molecule has 0 amide bonds. The third kappa shape index (κ3) is 7.02. The second-order valence-electron chi connectivity index (χ2n) is 8.22. The minimum atomic E-state index is -0.0900. The van der Waals surface area contributed by atoms with Gasteiger partial charge in [-0.25, -0.2) is 0 Å². The van der Waals surface area contributed by atoms with Crippen LogP contribution in [-0.4, -0.2) is 44.5 Å². The lowest BCUT2D eigenvalue weighted by Crippen LogP contribution is -2.40. The first-order valence-electron chi connectivity index (χ1n) is 10.5. The minimum Gasteiger partial charge on any atom is -0.353 e. The fourth-order valence-corrected chi connectivity index (χ4v) is 4.25. The Morgan fingerprint density at radius 1 is 1.08 bits per heavy atom. The molecule has 2 rings (SSSR count). The van der Waals surface area contributed by atoms with E-state index in [9.17, 15) is 0 Å². The van der Waals surface area contributed by atoms with Crippen molar-refractivity contribution in [3.05, 3.63) is 35.9 Å². The summed E-state index contributed by atoms with van der Waals surface area (Å²) in [6.45, 7) is 5.62. The van der Waals surface area contributed by atoms with Gasteiger partial charge in [-0.3, -0.25) is 0 Å². The summed E-state index contributed by atoms with van der Waals surface area (Å²) in [5, 5.41) is 0. The van der Waals surface area contributed by atoms with Gasteiger partial charge in [-0.15, -0.1) is 0 Å². The summed E-state index contributed by atoms with van der Waals surface area (Å²) >= 11 is 0. The van der Waals surface area contributed by atoms with Crippen molar-refractivity contribution in [1.82, 2.24) is 4.90 Å². The normalized spacial score (nSPS) is 24.7. The van der Waals surface area contributed by atoms with Gasteiger partial charge in [0.1, 0.15) is 0 Å². The van der Waals surface area contributed by atoms with Crippen molar-refractivity contribution in [2.45, 2.75) is 77.5 Å². The molecule has 0 bridgehead atoms. The molecule has 148 valence electrons. The van der Waals surface area contributed by atoms with Gasteiger partial charge < -0.3 is 14.4 Å². The van der Waals surface area contributed by atoms with Crippen molar-refractivity contribution >= 4 is 0 Å². The molecule has 1 aliphatic carbocycles. The van der Waals surface area contributed by atoms with E-state index in [2.05, 4.69) is 49.3 Å². The van der Waals surface area contributed by atoms with E-state index in [1.54, 1.807) is 0 Å². The molecule has 0 N–H and O–H groups in total. The number of hydrogen-bond donors (Lipinski definition) is 0. The monoisotopic (exact) mass is 361 g/mol. The van der Waals surface area contributed by atoms with Crippen molar-refractivity contribution in [2.24, 2.45) is 5.41 Å². The van der Waals surface area contributed by atoms with Crippen LogP contribution in [0.2, 0.25) is 0 Å². The van der Waals surface area contributed by atoms with E-state index in [1.807, 2.05) is 13.8 Å². The standard InChI is InChI=1S/C23H39NO2/c1-5-25-20(2)26-19-23(17-14-22(15-18-23)24(3)4)16-10-9-13-21-11-7-6-8-12-21/h6-8,11-12,20,22H,5,9-10,13-19H2,1-4H3. The lowest BCUT2D eigenvalue weighted by molar-refractivity contribution is -0.154. The number of hydrogen-bond acceptors (Lipinski definition) is 3. The van der Waals surface area contributed by atoms with Crippen LogP contribution in [0.5, 0.6) is 0 Å². The van der Waals surface area contributed by atoms with Gasteiger partial charge in [-0.1, -0.05) is 36.8 Å². The molecular formula is C23H39NO2. The predicted molar refractivity (Wildman–Crippen MR) is 109 cm³/mol. The van der Waals surface area contributed by atoms with Crippen molar-refractivity contribution in [3.8, 4) is 0 Å². The number of rotatable bonds is 11.